The highest BCUT2D eigenvalue weighted by atomic mass is 16.7. The van der Waals surface area contributed by atoms with Crippen LogP contribution < -0.4 is 5.32 Å². The van der Waals surface area contributed by atoms with Crippen molar-refractivity contribution in [3.63, 3.8) is 0 Å². The zero-order valence-electron chi connectivity index (χ0n) is 17.5. The Morgan fingerprint density at radius 1 is 0.788 bits per heavy atom. The van der Waals surface area contributed by atoms with Crippen LogP contribution in [0.4, 0.5) is 4.79 Å². The Bertz CT molecular complexity index is 1140. The van der Waals surface area contributed by atoms with Crippen LogP contribution in [0.25, 0.3) is 0 Å². The second-order valence-corrected chi connectivity index (χ2v) is 7.29. The monoisotopic (exact) mass is 444 g/mol. The molecular formula is C25H20N2O6. The van der Waals surface area contributed by atoms with Crippen LogP contribution >= 0.6 is 0 Å². The molecule has 8 nitrogen and oxygen atoms in total. The molecule has 3 aromatic rings. The topological polar surface area (TPSA) is 102 Å². The van der Waals surface area contributed by atoms with Crippen LogP contribution in [0.3, 0.4) is 0 Å². The summed E-state index contributed by atoms with van der Waals surface area (Å²) in [5.41, 5.74) is 1.78. The Hall–Kier alpha value is -4.46. The van der Waals surface area contributed by atoms with Crippen molar-refractivity contribution >= 4 is 23.9 Å². The molecule has 3 aromatic carbocycles. The second-order valence-electron chi connectivity index (χ2n) is 7.29. The summed E-state index contributed by atoms with van der Waals surface area (Å²) >= 11 is 0. The molecule has 166 valence electrons. The van der Waals surface area contributed by atoms with Gasteiger partial charge in [-0.25, -0.2) is 9.59 Å². The summed E-state index contributed by atoms with van der Waals surface area (Å²) in [6.07, 6.45) is -1.04. The van der Waals surface area contributed by atoms with Crippen molar-refractivity contribution in [1.82, 2.24) is 10.4 Å². The highest BCUT2D eigenvalue weighted by Crippen LogP contribution is 2.24. The van der Waals surface area contributed by atoms with Crippen LogP contribution in [-0.2, 0) is 21.0 Å². The van der Waals surface area contributed by atoms with Gasteiger partial charge in [-0.2, -0.15) is 0 Å². The van der Waals surface area contributed by atoms with Gasteiger partial charge in [0.15, 0.2) is 0 Å². The number of hydrogen-bond donors (Lipinski definition) is 1. The number of ether oxygens (including phenoxy) is 1. The molecule has 0 saturated carbocycles. The van der Waals surface area contributed by atoms with Crippen LogP contribution in [0.2, 0.25) is 0 Å². The number of carbonyl (C=O) groups excluding carboxylic acids is 4. The molecular weight excluding hydrogens is 424 g/mol. The summed E-state index contributed by atoms with van der Waals surface area (Å²) in [6.45, 7) is 0.0632. The Morgan fingerprint density at radius 2 is 1.33 bits per heavy atom. The Morgan fingerprint density at radius 3 is 1.94 bits per heavy atom. The molecule has 0 bridgehead atoms. The van der Waals surface area contributed by atoms with E-state index in [1.807, 2.05) is 30.3 Å². The van der Waals surface area contributed by atoms with Gasteiger partial charge in [0.25, 0.3) is 11.8 Å². The van der Waals surface area contributed by atoms with E-state index in [1.165, 1.54) is 12.1 Å². The van der Waals surface area contributed by atoms with E-state index in [1.54, 1.807) is 42.5 Å². The lowest BCUT2D eigenvalue weighted by atomic mass is 10.0. The lowest BCUT2D eigenvalue weighted by Gasteiger charge is -2.20. The van der Waals surface area contributed by atoms with Crippen molar-refractivity contribution in [2.45, 2.75) is 19.1 Å². The molecule has 0 fully saturated rings. The second kappa shape index (κ2) is 9.78. The molecule has 1 N–H and O–H groups in total. The molecule has 0 aliphatic carbocycles. The van der Waals surface area contributed by atoms with Crippen molar-refractivity contribution in [3.8, 4) is 0 Å². The Kier molecular flexibility index (Phi) is 6.45. The number of hydrogen-bond acceptors (Lipinski definition) is 6. The van der Waals surface area contributed by atoms with Gasteiger partial charge in [-0.15, -0.1) is 0 Å². The molecule has 1 heterocycles. The van der Waals surface area contributed by atoms with E-state index in [0.717, 1.165) is 5.56 Å². The van der Waals surface area contributed by atoms with Crippen LogP contribution in [-0.4, -0.2) is 28.9 Å². The quantitative estimate of drug-likeness (QED) is 0.556. The summed E-state index contributed by atoms with van der Waals surface area (Å²) in [5.74, 6) is -2.28. The first-order valence-electron chi connectivity index (χ1n) is 10.2. The number of carbonyl (C=O) groups is 4. The van der Waals surface area contributed by atoms with Gasteiger partial charge in [0.2, 0.25) is 0 Å². The number of hydroxylamine groups is 2. The van der Waals surface area contributed by atoms with Crippen molar-refractivity contribution in [3.05, 3.63) is 107 Å². The van der Waals surface area contributed by atoms with Gasteiger partial charge in [-0.05, 0) is 23.3 Å². The van der Waals surface area contributed by atoms with Crippen molar-refractivity contribution in [2.75, 3.05) is 0 Å². The van der Waals surface area contributed by atoms with Gasteiger partial charge < -0.3 is 14.9 Å². The van der Waals surface area contributed by atoms with Crippen LogP contribution in [0.5, 0.6) is 0 Å². The highest BCUT2D eigenvalue weighted by Gasteiger charge is 2.39. The fraction of sp³-hybridized carbons (Fsp3) is 0.120. The molecule has 1 unspecified atom stereocenters. The van der Waals surface area contributed by atoms with E-state index < -0.39 is 29.9 Å². The summed E-state index contributed by atoms with van der Waals surface area (Å²) in [6, 6.07) is 23.4. The first kappa shape index (κ1) is 21.8. The van der Waals surface area contributed by atoms with E-state index >= 15 is 0 Å². The smallest absolute Gasteiger partial charge is 0.407 e. The number of nitrogens with zero attached hydrogens (tertiary/aromatic N) is 1. The predicted octanol–water partition coefficient (Wildman–Crippen LogP) is 3.80. The number of benzene rings is 3. The van der Waals surface area contributed by atoms with Gasteiger partial charge in [0.1, 0.15) is 6.61 Å². The Balaban J connectivity index is 1.41. The van der Waals surface area contributed by atoms with E-state index in [0.29, 0.717) is 10.6 Å². The van der Waals surface area contributed by atoms with Crippen molar-refractivity contribution in [2.24, 2.45) is 0 Å². The molecule has 3 amide bonds. The molecule has 0 aromatic heterocycles. The lowest BCUT2D eigenvalue weighted by Crippen LogP contribution is -2.35. The van der Waals surface area contributed by atoms with Crippen molar-refractivity contribution in [1.29, 1.82) is 0 Å². The lowest BCUT2D eigenvalue weighted by molar-refractivity contribution is -0.169. The molecule has 1 aliphatic rings. The number of amides is 3. The minimum Gasteiger partial charge on any atom is -0.445 e. The first-order chi connectivity index (χ1) is 16.0. The largest absolute Gasteiger partial charge is 0.445 e. The molecule has 0 spiro atoms. The summed E-state index contributed by atoms with van der Waals surface area (Å²) in [4.78, 5) is 55.0. The maximum absolute atomic E-state index is 12.6. The first-order valence-corrected chi connectivity index (χ1v) is 10.2. The zero-order chi connectivity index (χ0) is 23.2. The molecule has 4 rings (SSSR count). The maximum atomic E-state index is 12.6. The SMILES string of the molecule is O=C(CC(NC(=O)OCc1ccccc1)c1ccccc1)ON1C(=O)c2ccccc2C1=O. The summed E-state index contributed by atoms with van der Waals surface area (Å²) in [7, 11) is 0. The van der Waals surface area contributed by atoms with E-state index in [-0.39, 0.29) is 24.2 Å². The number of fused-ring (bicyclic) bond motifs is 1. The fourth-order valence-corrected chi connectivity index (χ4v) is 3.40. The molecule has 1 atom stereocenters. The van der Waals surface area contributed by atoms with Gasteiger partial charge in [-0.3, -0.25) is 9.59 Å². The zero-order valence-corrected chi connectivity index (χ0v) is 17.5. The van der Waals surface area contributed by atoms with Crippen molar-refractivity contribution < 1.29 is 28.8 Å². The third kappa shape index (κ3) is 5.07. The van der Waals surface area contributed by atoms with Crippen LogP contribution in [0, 0.1) is 0 Å². The molecule has 8 heteroatoms. The van der Waals surface area contributed by atoms with E-state index in [9.17, 15) is 19.2 Å². The Labute approximate surface area is 189 Å². The third-order valence-electron chi connectivity index (χ3n) is 5.03. The predicted molar refractivity (Wildman–Crippen MR) is 117 cm³/mol. The number of rotatable bonds is 7. The average molecular weight is 444 g/mol. The van der Waals surface area contributed by atoms with Crippen LogP contribution in [0.1, 0.15) is 44.3 Å². The fourth-order valence-electron chi connectivity index (χ4n) is 3.40. The number of imide groups is 1. The van der Waals surface area contributed by atoms with Gasteiger partial charge in [-0.1, -0.05) is 77.9 Å². The average Bonchev–Trinajstić information content (AvgIpc) is 3.08. The molecule has 33 heavy (non-hydrogen) atoms. The van der Waals surface area contributed by atoms with Gasteiger partial charge >= 0.3 is 12.1 Å². The highest BCUT2D eigenvalue weighted by molar-refractivity contribution is 6.20. The minimum atomic E-state index is -0.860. The molecule has 1 aliphatic heterocycles. The maximum Gasteiger partial charge on any atom is 0.407 e. The normalized spacial score (nSPS) is 13.3. The van der Waals surface area contributed by atoms with Gasteiger partial charge in [0, 0.05) is 0 Å². The van der Waals surface area contributed by atoms with E-state index in [2.05, 4.69) is 5.32 Å². The van der Waals surface area contributed by atoms with E-state index in [4.69, 9.17) is 9.57 Å². The number of nitrogens with one attached hydrogen (secondary N) is 1. The standard InChI is InChI=1S/C25H20N2O6/c28-22(33-27-23(29)19-13-7-8-14-20(19)24(27)30)15-21(18-11-5-2-6-12-18)26-25(31)32-16-17-9-3-1-4-10-17/h1-14,21H,15-16H2,(H,26,31). The van der Waals surface area contributed by atoms with Crippen LogP contribution in [0.15, 0.2) is 84.9 Å². The summed E-state index contributed by atoms with van der Waals surface area (Å²) in [5, 5.41) is 3.10. The van der Waals surface area contributed by atoms with Gasteiger partial charge in [0.05, 0.1) is 23.6 Å². The number of alkyl carbamates (subject to hydrolysis) is 1. The molecule has 0 radical (unpaired) electrons. The minimum absolute atomic E-state index is 0.0632. The molecule has 0 saturated heterocycles. The summed E-state index contributed by atoms with van der Waals surface area (Å²) < 4.78 is 5.25. The third-order valence-corrected chi connectivity index (χ3v) is 5.03.